The second-order valence-electron chi connectivity index (χ2n) is 17.8. The molecule has 0 radical (unpaired) electrons. The van der Waals surface area contributed by atoms with Crippen LogP contribution in [-0.4, -0.2) is 4.40 Å². The Labute approximate surface area is 383 Å². The largest absolute Gasteiger partial charge is 0.454 e. The molecule has 5 nitrogen and oxygen atoms in total. The molecular formula is C62H37N3O2. The van der Waals surface area contributed by atoms with Gasteiger partial charge in [0.25, 0.3) is 0 Å². The quantitative estimate of drug-likeness (QED) is 0.181. The fourth-order valence-corrected chi connectivity index (χ4v) is 10.9. The fourth-order valence-electron chi connectivity index (χ4n) is 10.9. The molecule has 15 rings (SSSR count). The highest BCUT2D eigenvalue weighted by molar-refractivity contribution is 6.27. The summed E-state index contributed by atoms with van der Waals surface area (Å²) in [6, 6.07) is 78.6. The van der Waals surface area contributed by atoms with Gasteiger partial charge >= 0.3 is 0 Å². The summed E-state index contributed by atoms with van der Waals surface area (Å²) in [7, 11) is 0. The first-order chi connectivity index (χ1) is 33.2. The van der Waals surface area contributed by atoms with Crippen molar-refractivity contribution >= 4 is 132 Å². The Morgan fingerprint density at radius 1 is 0.358 bits per heavy atom. The van der Waals surface area contributed by atoms with Crippen LogP contribution in [0.3, 0.4) is 0 Å². The van der Waals surface area contributed by atoms with Crippen LogP contribution in [0.2, 0.25) is 0 Å². The summed E-state index contributed by atoms with van der Waals surface area (Å²) in [5.41, 5.74) is 14.6. The molecule has 0 bridgehead atoms. The SMILES string of the molecule is c1ccc(-c2cc3c4cc5ccc(Nc6cccc7c6oc6ccccc67)cc5cc4n4c5cc6cc(N(c7ccccc7)c7cccc8c7oc7ccccc78)ccc6cc5c(c2)c34)cc1. The van der Waals surface area contributed by atoms with E-state index in [9.17, 15) is 0 Å². The monoisotopic (exact) mass is 855 g/mol. The van der Waals surface area contributed by atoms with Gasteiger partial charge in [-0.3, -0.25) is 0 Å². The van der Waals surface area contributed by atoms with E-state index < -0.39 is 0 Å². The number of nitrogens with one attached hydrogen (secondary N) is 1. The molecule has 0 atom stereocenters. The smallest absolute Gasteiger partial charge is 0.159 e. The molecule has 5 heteroatoms. The molecule has 0 aliphatic heterocycles. The van der Waals surface area contributed by atoms with Gasteiger partial charge in [0.1, 0.15) is 11.2 Å². The highest BCUT2D eigenvalue weighted by atomic mass is 16.3. The molecule has 4 aromatic heterocycles. The zero-order valence-corrected chi connectivity index (χ0v) is 36.0. The van der Waals surface area contributed by atoms with E-state index in [2.05, 4.69) is 209 Å². The van der Waals surface area contributed by atoms with Crippen molar-refractivity contribution in [3.8, 4) is 11.1 Å². The van der Waals surface area contributed by atoms with Crippen molar-refractivity contribution in [2.24, 2.45) is 0 Å². The van der Waals surface area contributed by atoms with E-state index in [1.165, 1.54) is 60.0 Å². The van der Waals surface area contributed by atoms with Crippen molar-refractivity contribution in [1.82, 2.24) is 4.40 Å². The van der Waals surface area contributed by atoms with E-state index in [1.54, 1.807) is 0 Å². The van der Waals surface area contributed by atoms with Crippen LogP contribution in [0.5, 0.6) is 0 Å². The summed E-state index contributed by atoms with van der Waals surface area (Å²) >= 11 is 0. The van der Waals surface area contributed by atoms with Crippen LogP contribution in [0.1, 0.15) is 0 Å². The molecule has 4 heterocycles. The molecule has 0 spiro atoms. The number of aromatic nitrogens is 1. The molecule has 1 N–H and O–H groups in total. The molecule has 0 fully saturated rings. The van der Waals surface area contributed by atoms with Gasteiger partial charge < -0.3 is 23.5 Å². The molecule has 15 aromatic rings. The van der Waals surface area contributed by atoms with Gasteiger partial charge in [0, 0.05) is 60.2 Å². The van der Waals surface area contributed by atoms with Crippen LogP contribution >= 0.6 is 0 Å². The van der Waals surface area contributed by atoms with E-state index in [4.69, 9.17) is 8.83 Å². The first-order valence-electron chi connectivity index (χ1n) is 22.8. The molecule has 0 saturated heterocycles. The predicted molar refractivity (Wildman–Crippen MR) is 281 cm³/mol. The number of rotatable bonds is 6. The molecule has 0 aliphatic carbocycles. The number of nitrogens with zero attached hydrogens (tertiary/aromatic N) is 2. The minimum atomic E-state index is 0.859. The standard InChI is InChI=1S/C62H37N3O2/c1-3-13-37(14-4-1)42-33-52-50-31-38-25-27-43(63-54-21-11-19-48-46-17-7-9-23-58(46)66-61(48)54)29-40(38)35-56(50)65-57-36-41-30-45(28-26-39(41)32-51(57)53(34-42)60(52)65)64(44-15-5-2-6-16-44)55-22-12-20-49-47-18-8-10-24-59(47)67-62(49)55/h1-36,63H. The normalized spacial score (nSPS) is 12.2. The molecule has 312 valence electrons. The summed E-state index contributed by atoms with van der Waals surface area (Å²) in [5.74, 6) is 0. The van der Waals surface area contributed by atoms with E-state index in [0.29, 0.717) is 0 Å². The van der Waals surface area contributed by atoms with Crippen LogP contribution in [0.25, 0.3) is 115 Å². The Kier molecular flexibility index (Phi) is 7.44. The zero-order chi connectivity index (χ0) is 43.7. The second-order valence-corrected chi connectivity index (χ2v) is 17.8. The summed E-state index contributed by atoms with van der Waals surface area (Å²) in [6.07, 6.45) is 0. The lowest BCUT2D eigenvalue weighted by Crippen LogP contribution is -2.10. The van der Waals surface area contributed by atoms with Crippen molar-refractivity contribution in [2.75, 3.05) is 10.2 Å². The van der Waals surface area contributed by atoms with Crippen molar-refractivity contribution in [2.45, 2.75) is 0 Å². The number of hydrogen-bond acceptors (Lipinski definition) is 4. The third-order valence-corrected chi connectivity index (χ3v) is 14.0. The number of fused-ring (bicyclic) bond motifs is 14. The average molecular weight is 856 g/mol. The van der Waals surface area contributed by atoms with Crippen molar-refractivity contribution in [3.63, 3.8) is 0 Å². The maximum Gasteiger partial charge on any atom is 0.159 e. The molecule has 0 unspecified atom stereocenters. The number of hydrogen-bond donors (Lipinski definition) is 1. The van der Waals surface area contributed by atoms with Gasteiger partial charge in [0.2, 0.25) is 0 Å². The first kappa shape index (κ1) is 36.3. The minimum Gasteiger partial charge on any atom is -0.454 e. The third kappa shape index (κ3) is 5.37. The minimum absolute atomic E-state index is 0.859. The lowest BCUT2D eigenvalue weighted by atomic mass is 9.97. The van der Waals surface area contributed by atoms with Gasteiger partial charge in [-0.25, -0.2) is 0 Å². The summed E-state index contributed by atoms with van der Waals surface area (Å²) in [5, 5.41) is 17.8. The zero-order valence-electron chi connectivity index (χ0n) is 36.0. The molecular weight excluding hydrogens is 819 g/mol. The molecule has 0 aliphatic rings. The lowest BCUT2D eigenvalue weighted by Gasteiger charge is -2.25. The Bertz CT molecular complexity index is 4490. The first-order valence-corrected chi connectivity index (χ1v) is 22.8. The third-order valence-electron chi connectivity index (χ3n) is 14.0. The van der Waals surface area contributed by atoms with E-state index in [0.717, 1.165) is 83.1 Å². The second kappa shape index (κ2) is 13.7. The van der Waals surface area contributed by atoms with Crippen molar-refractivity contribution in [3.05, 3.63) is 218 Å². The number of anilines is 5. The van der Waals surface area contributed by atoms with Gasteiger partial charge in [-0.1, -0.05) is 121 Å². The number of para-hydroxylation sites is 5. The van der Waals surface area contributed by atoms with Crippen molar-refractivity contribution < 1.29 is 8.83 Å². The van der Waals surface area contributed by atoms with Crippen LogP contribution in [0.4, 0.5) is 28.4 Å². The molecule has 67 heavy (non-hydrogen) atoms. The molecule has 0 saturated carbocycles. The van der Waals surface area contributed by atoms with Gasteiger partial charge in [0.15, 0.2) is 11.2 Å². The van der Waals surface area contributed by atoms with Crippen LogP contribution in [0, 0.1) is 0 Å². The maximum absolute atomic E-state index is 6.64. The van der Waals surface area contributed by atoms with Gasteiger partial charge in [0.05, 0.1) is 27.9 Å². The Balaban J connectivity index is 0.945. The van der Waals surface area contributed by atoms with Crippen LogP contribution in [0.15, 0.2) is 227 Å². The topological polar surface area (TPSA) is 46.0 Å². The molecule has 0 amide bonds. The number of furan rings is 2. The van der Waals surface area contributed by atoms with Crippen LogP contribution in [-0.2, 0) is 0 Å². The molecule has 11 aromatic carbocycles. The van der Waals surface area contributed by atoms with E-state index >= 15 is 0 Å². The highest BCUT2D eigenvalue weighted by Gasteiger charge is 2.23. The van der Waals surface area contributed by atoms with E-state index in [-0.39, 0.29) is 0 Å². The van der Waals surface area contributed by atoms with Gasteiger partial charge in [-0.05, 0) is 130 Å². The highest BCUT2D eigenvalue weighted by Crippen LogP contribution is 2.47. The van der Waals surface area contributed by atoms with Crippen LogP contribution < -0.4 is 10.2 Å². The van der Waals surface area contributed by atoms with E-state index in [1.807, 2.05) is 24.3 Å². The summed E-state index contributed by atoms with van der Waals surface area (Å²) < 4.78 is 15.5. The number of benzene rings is 11. The maximum atomic E-state index is 6.64. The Morgan fingerprint density at radius 3 is 1.66 bits per heavy atom. The Morgan fingerprint density at radius 2 is 0.940 bits per heavy atom. The summed E-state index contributed by atoms with van der Waals surface area (Å²) in [4.78, 5) is 2.33. The average Bonchev–Trinajstić information content (AvgIpc) is 4.13. The van der Waals surface area contributed by atoms with Crippen molar-refractivity contribution in [1.29, 1.82) is 0 Å². The van der Waals surface area contributed by atoms with Gasteiger partial charge in [-0.2, -0.15) is 0 Å². The predicted octanol–water partition coefficient (Wildman–Crippen LogP) is 17.8. The lowest BCUT2D eigenvalue weighted by molar-refractivity contribution is 0.669. The van der Waals surface area contributed by atoms with Gasteiger partial charge in [-0.15, -0.1) is 0 Å². The Hall–Kier alpha value is -9.06. The summed E-state index contributed by atoms with van der Waals surface area (Å²) in [6.45, 7) is 0. The fraction of sp³-hybridized carbons (Fsp3) is 0.